The molecule has 86 valence electrons. The van der Waals surface area contributed by atoms with Crippen molar-refractivity contribution >= 4 is 21.6 Å². The van der Waals surface area contributed by atoms with Gasteiger partial charge in [-0.25, -0.2) is 9.50 Å². The molecule has 2 heterocycles. The van der Waals surface area contributed by atoms with Gasteiger partial charge < -0.3 is 5.73 Å². The van der Waals surface area contributed by atoms with Gasteiger partial charge in [0, 0.05) is 17.1 Å². The van der Waals surface area contributed by atoms with Gasteiger partial charge in [-0.15, -0.1) is 0 Å². The monoisotopic (exact) mass is 282 g/mol. The van der Waals surface area contributed by atoms with E-state index >= 15 is 0 Å². The molecular formula is C11H15BrN4. The van der Waals surface area contributed by atoms with Crippen LogP contribution < -0.4 is 5.73 Å². The van der Waals surface area contributed by atoms with Crippen LogP contribution in [-0.2, 0) is 6.42 Å². The maximum atomic E-state index is 5.70. The zero-order valence-electron chi connectivity index (χ0n) is 9.44. The van der Waals surface area contributed by atoms with E-state index in [0.717, 1.165) is 22.4 Å². The summed E-state index contributed by atoms with van der Waals surface area (Å²) in [6.45, 7) is 4.87. The van der Waals surface area contributed by atoms with Crippen LogP contribution in [0.15, 0.2) is 22.8 Å². The predicted molar refractivity (Wildman–Crippen MR) is 67.2 cm³/mol. The van der Waals surface area contributed by atoms with Gasteiger partial charge >= 0.3 is 0 Å². The smallest absolute Gasteiger partial charge is 0.156 e. The lowest BCUT2D eigenvalue weighted by atomic mass is 9.89. The van der Waals surface area contributed by atoms with Crippen LogP contribution in [0.3, 0.4) is 0 Å². The standard InChI is InChI=1S/C11H15BrN4/c1-11(2,7-13)6-9-14-10-5-8(12)3-4-16(10)15-9/h3-5H,6-7,13H2,1-2H3. The molecule has 4 nitrogen and oxygen atoms in total. The van der Waals surface area contributed by atoms with Gasteiger partial charge in [0.25, 0.3) is 0 Å². The molecule has 0 spiro atoms. The van der Waals surface area contributed by atoms with Crippen molar-refractivity contribution in [1.82, 2.24) is 14.6 Å². The average molecular weight is 283 g/mol. The van der Waals surface area contributed by atoms with Gasteiger partial charge in [0.1, 0.15) is 0 Å². The Morgan fingerprint density at radius 2 is 2.25 bits per heavy atom. The van der Waals surface area contributed by atoms with Crippen molar-refractivity contribution in [3.8, 4) is 0 Å². The lowest BCUT2D eigenvalue weighted by Crippen LogP contribution is -2.26. The van der Waals surface area contributed by atoms with Crippen LogP contribution in [0.5, 0.6) is 0 Å². The van der Waals surface area contributed by atoms with Gasteiger partial charge in [0.15, 0.2) is 11.5 Å². The first-order valence-electron chi connectivity index (χ1n) is 5.21. The normalized spacial score (nSPS) is 12.2. The lowest BCUT2D eigenvalue weighted by Gasteiger charge is -2.19. The van der Waals surface area contributed by atoms with Crippen LogP contribution in [0.2, 0.25) is 0 Å². The van der Waals surface area contributed by atoms with Gasteiger partial charge in [-0.3, -0.25) is 0 Å². The molecule has 2 aromatic heterocycles. The molecule has 0 aromatic carbocycles. The summed E-state index contributed by atoms with van der Waals surface area (Å²) in [5.74, 6) is 0.841. The van der Waals surface area contributed by atoms with E-state index in [0.29, 0.717) is 6.54 Å². The SMILES string of the molecule is CC(C)(CN)Cc1nc2cc(Br)ccn2n1. The van der Waals surface area contributed by atoms with Crippen LogP contribution in [0.1, 0.15) is 19.7 Å². The van der Waals surface area contributed by atoms with Crippen LogP contribution in [0, 0.1) is 5.41 Å². The van der Waals surface area contributed by atoms with E-state index < -0.39 is 0 Å². The third kappa shape index (κ3) is 2.41. The number of nitrogens with zero attached hydrogens (tertiary/aromatic N) is 3. The van der Waals surface area contributed by atoms with E-state index in [-0.39, 0.29) is 5.41 Å². The fourth-order valence-electron chi connectivity index (χ4n) is 1.48. The average Bonchev–Trinajstić information content (AvgIpc) is 2.58. The van der Waals surface area contributed by atoms with E-state index in [1.54, 1.807) is 4.52 Å². The maximum Gasteiger partial charge on any atom is 0.156 e. The Balaban J connectivity index is 2.33. The molecule has 0 saturated carbocycles. The van der Waals surface area contributed by atoms with E-state index in [1.807, 2.05) is 18.3 Å². The largest absolute Gasteiger partial charge is 0.330 e. The van der Waals surface area contributed by atoms with Gasteiger partial charge in [-0.1, -0.05) is 29.8 Å². The summed E-state index contributed by atoms with van der Waals surface area (Å²) >= 11 is 3.42. The van der Waals surface area contributed by atoms with Crippen molar-refractivity contribution in [3.63, 3.8) is 0 Å². The van der Waals surface area contributed by atoms with Crippen molar-refractivity contribution < 1.29 is 0 Å². The molecule has 5 heteroatoms. The van der Waals surface area contributed by atoms with Crippen molar-refractivity contribution in [2.24, 2.45) is 11.1 Å². The molecule has 2 N–H and O–H groups in total. The second kappa shape index (κ2) is 4.14. The van der Waals surface area contributed by atoms with E-state index in [4.69, 9.17) is 5.73 Å². The molecule has 0 fully saturated rings. The molecule has 0 saturated heterocycles. The summed E-state index contributed by atoms with van der Waals surface area (Å²) in [4.78, 5) is 4.47. The molecule has 2 rings (SSSR count). The molecule has 0 amide bonds. The maximum absolute atomic E-state index is 5.70. The van der Waals surface area contributed by atoms with E-state index in [2.05, 4.69) is 39.9 Å². The minimum atomic E-state index is 0.0438. The molecule has 0 radical (unpaired) electrons. The molecule has 0 aliphatic heterocycles. The summed E-state index contributed by atoms with van der Waals surface area (Å²) in [6, 6.07) is 3.89. The van der Waals surface area contributed by atoms with E-state index in [9.17, 15) is 0 Å². The zero-order chi connectivity index (χ0) is 11.8. The first-order chi connectivity index (χ1) is 7.50. The fraction of sp³-hybridized carbons (Fsp3) is 0.455. The number of rotatable bonds is 3. The first-order valence-corrected chi connectivity index (χ1v) is 6.00. The lowest BCUT2D eigenvalue weighted by molar-refractivity contribution is 0.368. The zero-order valence-corrected chi connectivity index (χ0v) is 11.0. The molecule has 16 heavy (non-hydrogen) atoms. The van der Waals surface area contributed by atoms with Crippen molar-refractivity contribution in [2.75, 3.05) is 6.54 Å². The summed E-state index contributed by atoms with van der Waals surface area (Å²) in [6.07, 6.45) is 2.69. The van der Waals surface area contributed by atoms with Gasteiger partial charge in [0.2, 0.25) is 0 Å². The van der Waals surface area contributed by atoms with Gasteiger partial charge in [-0.2, -0.15) is 5.10 Å². The van der Waals surface area contributed by atoms with Crippen LogP contribution >= 0.6 is 15.9 Å². The summed E-state index contributed by atoms with van der Waals surface area (Å²) in [7, 11) is 0. The van der Waals surface area contributed by atoms with Crippen LogP contribution in [-0.4, -0.2) is 21.1 Å². The number of pyridine rings is 1. The molecule has 2 aromatic rings. The number of hydrogen-bond acceptors (Lipinski definition) is 3. The topological polar surface area (TPSA) is 56.2 Å². The molecular weight excluding hydrogens is 268 g/mol. The minimum absolute atomic E-state index is 0.0438. The fourth-order valence-corrected chi connectivity index (χ4v) is 1.80. The van der Waals surface area contributed by atoms with Gasteiger partial charge in [0.05, 0.1) is 0 Å². The second-order valence-electron chi connectivity index (χ2n) is 4.72. The summed E-state index contributed by atoms with van der Waals surface area (Å²) < 4.78 is 2.80. The van der Waals surface area contributed by atoms with E-state index in [1.165, 1.54) is 0 Å². The Bertz CT molecular complexity index is 504. The van der Waals surface area contributed by atoms with Crippen molar-refractivity contribution in [1.29, 1.82) is 0 Å². The number of fused-ring (bicyclic) bond motifs is 1. The Hall–Kier alpha value is -0.940. The molecule has 0 unspecified atom stereocenters. The van der Waals surface area contributed by atoms with Crippen molar-refractivity contribution in [3.05, 3.63) is 28.6 Å². The highest BCUT2D eigenvalue weighted by Crippen LogP contribution is 2.19. The third-order valence-electron chi connectivity index (χ3n) is 2.53. The quantitative estimate of drug-likeness (QED) is 0.937. The predicted octanol–water partition coefficient (Wildman–Crippen LogP) is 2.02. The minimum Gasteiger partial charge on any atom is -0.330 e. The Morgan fingerprint density at radius 1 is 1.50 bits per heavy atom. The molecule has 0 aliphatic carbocycles. The van der Waals surface area contributed by atoms with Crippen LogP contribution in [0.4, 0.5) is 0 Å². The van der Waals surface area contributed by atoms with Crippen LogP contribution in [0.25, 0.3) is 5.65 Å². The Morgan fingerprint density at radius 3 is 2.94 bits per heavy atom. The second-order valence-corrected chi connectivity index (χ2v) is 5.64. The molecule has 0 aliphatic rings. The molecule has 0 bridgehead atoms. The number of aromatic nitrogens is 3. The summed E-state index contributed by atoms with van der Waals surface area (Å²) in [5, 5.41) is 4.42. The molecule has 0 atom stereocenters. The highest BCUT2D eigenvalue weighted by Gasteiger charge is 2.19. The highest BCUT2D eigenvalue weighted by molar-refractivity contribution is 9.10. The Labute approximate surface area is 103 Å². The van der Waals surface area contributed by atoms with Crippen molar-refractivity contribution in [2.45, 2.75) is 20.3 Å². The highest BCUT2D eigenvalue weighted by atomic mass is 79.9. The number of hydrogen-bond donors (Lipinski definition) is 1. The van der Waals surface area contributed by atoms with Gasteiger partial charge in [-0.05, 0) is 24.1 Å². The summed E-state index contributed by atoms with van der Waals surface area (Å²) in [5.41, 5.74) is 6.60. The third-order valence-corrected chi connectivity index (χ3v) is 3.03. The number of halogens is 1. The first kappa shape index (κ1) is 11.5. The number of nitrogens with two attached hydrogens (primary N) is 1. The Kier molecular flexibility index (Phi) is 2.99.